The molecule has 1 heterocycles. The lowest BCUT2D eigenvalue weighted by molar-refractivity contribution is 0.0601. The van der Waals surface area contributed by atoms with Crippen molar-refractivity contribution >= 4 is 23.4 Å². The third kappa shape index (κ3) is 2.68. The van der Waals surface area contributed by atoms with Crippen molar-refractivity contribution in [1.29, 1.82) is 0 Å². The normalized spacial score (nSPS) is 10.6. The summed E-state index contributed by atoms with van der Waals surface area (Å²) in [4.78, 5) is 12.0. The van der Waals surface area contributed by atoms with Crippen LogP contribution in [0.15, 0.2) is 17.5 Å². The Bertz CT molecular complexity index is 317. The minimum atomic E-state index is -0.302. The van der Waals surface area contributed by atoms with E-state index in [2.05, 4.69) is 4.74 Å². The van der Waals surface area contributed by atoms with Crippen molar-refractivity contribution in [3.05, 3.63) is 28.0 Å². The van der Waals surface area contributed by atoms with Crippen molar-refractivity contribution in [3.63, 3.8) is 0 Å². The summed E-state index contributed by atoms with van der Waals surface area (Å²) in [5, 5.41) is 1.77. The highest BCUT2D eigenvalue weighted by Crippen LogP contribution is 2.16. The molecule has 70 valence electrons. The summed E-state index contributed by atoms with van der Waals surface area (Å²) in [6.45, 7) is 0.505. The number of carbonyl (C=O) groups excluding carboxylic acids is 1. The molecule has 4 heteroatoms. The molecular formula is C9H11NO2S. The first kappa shape index (κ1) is 9.95. The molecule has 0 bridgehead atoms. The molecule has 0 saturated heterocycles. The van der Waals surface area contributed by atoms with Gasteiger partial charge in [0.2, 0.25) is 0 Å². The average molecular weight is 197 g/mol. The van der Waals surface area contributed by atoms with E-state index < -0.39 is 0 Å². The van der Waals surface area contributed by atoms with Crippen molar-refractivity contribution in [2.45, 2.75) is 0 Å². The molecule has 0 unspecified atom stereocenters. The minimum absolute atomic E-state index is 0.302. The van der Waals surface area contributed by atoms with Gasteiger partial charge in [-0.05, 0) is 12.1 Å². The van der Waals surface area contributed by atoms with E-state index >= 15 is 0 Å². The summed E-state index contributed by atoms with van der Waals surface area (Å²) in [5.74, 6) is -0.302. The average Bonchev–Trinajstić information content (AvgIpc) is 2.62. The second-order valence-corrected chi connectivity index (χ2v) is 3.31. The van der Waals surface area contributed by atoms with Crippen LogP contribution in [0.2, 0.25) is 0 Å². The van der Waals surface area contributed by atoms with Crippen LogP contribution in [0.4, 0.5) is 0 Å². The predicted octanol–water partition coefficient (Wildman–Crippen LogP) is 1.51. The van der Waals surface area contributed by atoms with Crippen molar-refractivity contribution in [2.75, 3.05) is 13.7 Å². The Hall–Kier alpha value is -1.13. The van der Waals surface area contributed by atoms with E-state index in [0.29, 0.717) is 12.1 Å². The smallest absolute Gasteiger partial charge is 0.338 e. The van der Waals surface area contributed by atoms with Crippen LogP contribution in [0.5, 0.6) is 0 Å². The van der Waals surface area contributed by atoms with Gasteiger partial charge in [-0.3, -0.25) is 0 Å². The number of methoxy groups -OCH3 is 1. The zero-order chi connectivity index (χ0) is 9.68. The number of esters is 1. The molecule has 0 aromatic carbocycles. The van der Waals surface area contributed by atoms with Crippen molar-refractivity contribution < 1.29 is 9.53 Å². The lowest BCUT2D eigenvalue weighted by atomic mass is 10.3. The van der Waals surface area contributed by atoms with E-state index in [4.69, 9.17) is 5.73 Å². The number of rotatable bonds is 3. The summed E-state index contributed by atoms with van der Waals surface area (Å²) in [6.07, 6.45) is 3.73. The highest BCUT2D eigenvalue weighted by Gasteiger charge is 2.06. The molecule has 0 amide bonds. The molecule has 0 aliphatic carbocycles. The second kappa shape index (κ2) is 4.79. The van der Waals surface area contributed by atoms with E-state index in [1.807, 2.05) is 12.2 Å². The second-order valence-electron chi connectivity index (χ2n) is 2.37. The molecule has 2 N–H and O–H groups in total. The Morgan fingerprint density at radius 3 is 3.15 bits per heavy atom. The third-order valence-electron chi connectivity index (χ3n) is 1.46. The summed E-state index contributed by atoms with van der Waals surface area (Å²) in [6, 6.07) is 1.78. The van der Waals surface area contributed by atoms with Crippen LogP contribution >= 0.6 is 11.3 Å². The zero-order valence-electron chi connectivity index (χ0n) is 7.32. The van der Waals surface area contributed by atoms with Crippen molar-refractivity contribution in [3.8, 4) is 0 Å². The van der Waals surface area contributed by atoms with Crippen LogP contribution in [-0.2, 0) is 4.74 Å². The Kier molecular flexibility index (Phi) is 3.67. The zero-order valence-corrected chi connectivity index (χ0v) is 8.14. The fourth-order valence-corrected chi connectivity index (χ4v) is 1.65. The maximum Gasteiger partial charge on any atom is 0.338 e. The Morgan fingerprint density at radius 1 is 1.77 bits per heavy atom. The van der Waals surface area contributed by atoms with E-state index in [0.717, 1.165) is 4.88 Å². The van der Waals surface area contributed by atoms with Gasteiger partial charge >= 0.3 is 5.97 Å². The molecule has 3 nitrogen and oxygen atoms in total. The molecule has 0 radical (unpaired) electrons. The highest BCUT2D eigenvalue weighted by molar-refractivity contribution is 7.11. The molecular weight excluding hydrogens is 186 g/mol. The molecule has 13 heavy (non-hydrogen) atoms. The van der Waals surface area contributed by atoms with Crippen LogP contribution in [0.25, 0.3) is 6.08 Å². The molecule has 0 fully saturated rings. The fourth-order valence-electron chi connectivity index (χ4n) is 0.849. The number of nitrogens with two attached hydrogens (primary N) is 1. The standard InChI is InChI=1S/C9H11NO2S/c1-12-9(11)7-5-8(13-6-7)3-2-4-10/h2-3,5-6H,4,10H2,1H3. The van der Waals surface area contributed by atoms with Gasteiger partial charge in [0.15, 0.2) is 0 Å². The first-order chi connectivity index (χ1) is 6.27. The summed E-state index contributed by atoms with van der Waals surface area (Å²) in [5.41, 5.74) is 5.88. The molecule has 0 atom stereocenters. The van der Waals surface area contributed by atoms with Gasteiger partial charge in [-0.2, -0.15) is 0 Å². The van der Waals surface area contributed by atoms with Crippen LogP contribution in [0.3, 0.4) is 0 Å². The summed E-state index contributed by atoms with van der Waals surface area (Å²) >= 11 is 1.49. The number of hydrogen-bond acceptors (Lipinski definition) is 4. The van der Waals surface area contributed by atoms with Gasteiger partial charge < -0.3 is 10.5 Å². The molecule has 0 saturated carbocycles. The maximum absolute atomic E-state index is 11.0. The predicted molar refractivity (Wildman–Crippen MR) is 53.7 cm³/mol. The van der Waals surface area contributed by atoms with Gasteiger partial charge in [0, 0.05) is 16.8 Å². The van der Waals surface area contributed by atoms with E-state index in [1.54, 1.807) is 11.4 Å². The molecule has 0 spiro atoms. The quantitative estimate of drug-likeness (QED) is 0.747. The molecule has 1 aromatic rings. The van der Waals surface area contributed by atoms with Gasteiger partial charge in [0.05, 0.1) is 12.7 Å². The first-order valence-corrected chi connectivity index (χ1v) is 4.69. The van der Waals surface area contributed by atoms with Crippen LogP contribution in [-0.4, -0.2) is 19.6 Å². The fraction of sp³-hybridized carbons (Fsp3) is 0.222. The van der Waals surface area contributed by atoms with Gasteiger partial charge in [0.1, 0.15) is 0 Å². The number of carbonyl (C=O) groups is 1. The number of hydrogen-bond donors (Lipinski definition) is 1. The van der Waals surface area contributed by atoms with Gasteiger partial charge in [-0.25, -0.2) is 4.79 Å². The molecule has 0 aliphatic heterocycles. The van der Waals surface area contributed by atoms with E-state index in [1.165, 1.54) is 18.4 Å². The molecule has 0 aliphatic rings. The Morgan fingerprint density at radius 2 is 2.54 bits per heavy atom. The van der Waals surface area contributed by atoms with Crippen molar-refractivity contribution in [2.24, 2.45) is 5.73 Å². The lowest BCUT2D eigenvalue weighted by Gasteiger charge is -1.91. The van der Waals surface area contributed by atoms with Gasteiger partial charge in [0.25, 0.3) is 0 Å². The molecule has 1 aromatic heterocycles. The SMILES string of the molecule is COC(=O)c1csc(C=CCN)c1. The third-order valence-corrected chi connectivity index (χ3v) is 2.36. The lowest BCUT2D eigenvalue weighted by Crippen LogP contribution is -1.98. The van der Waals surface area contributed by atoms with Gasteiger partial charge in [-0.1, -0.05) is 6.08 Å². The monoisotopic (exact) mass is 197 g/mol. The first-order valence-electron chi connectivity index (χ1n) is 3.81. The molecule has 1 rings (SSSR count). The Balaban J connectivity index is 2.74. The topological polar surface area (TPSA) is 52.3 Å². The van der Waals surface area contributed by atoms with Crippen molar-refractivity contribution in [1.82, 2.24) is 0 Å². The minimum Gasteiger partial charge on any atom is -0.465 e. The number of thiophene rings is 1. The van der Waals surface area contributed by atoms with Crippen LogP contribution < -0.4 is 5.73 Å². The van der Waals surface area contributed by atoms with E-state index in [-0.39, 0.29) is 5.97 Å². The van der Waals surface area contributed by atoms with Gasteiger partial charge in [-0.15, -0.1) is 11.3 Å². The summed E-state index contributed by atoms with van der Waals surface area (Å²) in [7, 11) is 1.37. The largest absolute Gasteiger partial charge is 0.465 e. The van der Waals surface area contributed by atoms with Crippen LogP contribution in [0.1, 0.15) is 15.2 Å². The Labute approximate surface area is 80.8 Å². The maximum atomic E-state index is 11.0. The summed E-state index contributed by atoms with van der Waals surface area (Å²) < 4.78 is 4.57. The van der Waals surface area contributed by atoms with Crippen LogP contribution in [0, 0.1) is 0 Å². The van der Waals surface area contributed by atoms with E-state index in [9.17, 15) is 4.79 Å². The highest BCUT2D eigenvalue weighted by atomic mass is 32.1. The number of ether oxygens (including phenoxy) is 1.